The van der Waals surface area contributed by atoms with E-state index < -0.39 is 0 Å². The average Bonchev–Trinajstić information content (AvgIpc) is 3.38. The zero-order valence-electron chi connectivity index (χ0n) is 34.6. The van der Waals surface area contributed by atoms with E-state index in [1.165, 1.54) is 10.8 Å². The van der Waals surface area contributed by atoms with Gasteiger partial charge < -0.3 is 0 Å². The Morgan fingerprint density at radius 2 is 0.594 bits per heavy atom. The van der Waals surface area contributed by atoms with Crippen LogP contribution in [0.1, 0.15) is 0 Å². The molecule has 0 unspecified atom stereocenters. The topological polar surface area (TPSA) is 64.5 Å². The maximum absolute atomic E-state index is 5.24. The fraction of sp³-hybridized carbons (Fsp3) is 0. The highest BCUT2D eigenvalue weighted by Crippen LogP contribution is 2.41. The molecular formula is C59H37N5. The minimum atomic E-state index is 0.622. The molecule has 0 spiro atoms. The molecule has 0 radical (unpaired) electrons. The molecule has 0 saturated carbocycles. The van der Waals surface area contributed by atoms with Gasteiger partial charge in [0.2, 0.25) is 0 Å². The van der Waals surface area contributed by atoms with Gasteiger partial charge in [0.05, 0.1) is 11.4 Å². The Kier molecular flexibility index (Phi) is 9.08. The lowest BCUT2D eigenvalue weighted by atomic mass is 9.89. The lowest BCUT2D eigenvalue weighted by Crippen LogP contribution is -2.01. The van der Waals surface area contributed by atoms with Crippen LogP contribution in [0, 0.1) is 0 Å². The van der Waals surface area contributed by atoms with E-state index in [0.717, 1.165) is 88.2 Å². The molecule has 5 nitrogen and oxygen atoms in total. The van der Waals surface area contributed by atoms with Gasteiger partial charge in [-0.2, -0.15) is 0 Å². The van der Waals surface area contributed by atoms with Crippen molar-refractivity contribution in [2.75, 3.05) is 0 Å². The van der Waals surface area contributed by atoms with Gasteiger partial charge in [0.15, 0.2) is 23.3 Å². The van der Waals surface area contributed by atoms with E-state index in [-0.39, 0.29) is 0 Å². The average molecular weight is 816 g/mol. The Bertz CT molecular complexity index is 3580. The first kappa shape index (κ1) is 37.1. The molecule has 0 N–H and O–H groups in total. The summed E-state index contributed by atoms with van der Waals surface area (Å²) in [5.41, 5.74) is 9.88. The van der Waals surface area contributed by atoms with Gasteiger partial charge in [-0.05, 0) is 78.5 Å². The molecule has 5 heteroatoms. The van der Waals surface area contributed by atoms with Crippen molar-refractivity contribution in [3.63, 3.8) is 0 Å². The third kappa shape index (κ3) is 6.73. The molecule has 12 rings (SSSR count). The number of rotatable bonds is 7. The number of aromatic nitrogens is 5. The van der Waals surface area contributed by atoms with E-state index >= 15 is 0 Å². The monoisotopic (exact) mass is 815 g/mol. The molecule has 0 amide bonds. The second-order valence-electron chi connectivity index (χ2n) is 16.0. The van der Waals surface area contributed by atoms with Crippen molar-refractivity contribution in [1.82, 2.24) is 24.9 Å². The van der Waals surface area contributed by atoms with Crippen molar-refractivity contribution < 1.29 is 0 Å². The van der Waals surface area contributed by atoms with Crippen LogP contribution in [-0.4, -0.2) is 24.9 Å². The molecule has 298 valence electrons. The summed E-state index contributed by atoms with van der Waals surface area (Å²) in [7, 11) is 0. The van der Waals surface area contributed by atoms with Crippen LogP contribution in [0.5, 0.6) is 0 Å². The van der Waals surface area contributed by atoms with Crippen LogP contribution in [0.4, 0.5) is 0 Å². The lowest BCUT2D eigenvalue weighted by Gasteiger charge is -2.16. The predicted octanol–water partition coefficient (Wildman–Crippen LogP) is 14.9. The summed E-state index contributed by atoms with van der Waals surface area (Å²) in [4.78, 5) is 25.9. The molecule has 0 saturated heterocycles. The molecule has 0 atom stereocenters. The van der Waals surface area contributed by atoms with Crippen LogP contribution in [0.2, 0.25) is 0 Å². The zero-order valence-corrected chi connectivity index (χ0v) is 34.6. The standard InChI is InChI=1S/C59H37N5/c1-3-17-40(18-4-1)54-37-55(61-56(60-54)41-19-5-2-6-20-41)52-33-31-50(46-23-11-13-25-48(46)52)51-32-34-53(49-26-14-12-24-47(49)51)59-63-57(44-29-27-38-15-7-9-21-42(38)35-44)62-58(64-59)45-30-28-39-16-8-10-22-43(39)36-45/h1-37H. The SMILES string of the molecule is c1ccc(-c2cc(-c3ccc(-c4ccc(-c5nc(-c6ccc7ccccc7c6)nc(-c6ccc7ccccc7c6)n5)c5ccccc45)c4ccccc34)nc(-c3ccccc3)n2)cc1. The molecule has 0 aliphatic heterocycles. The molecule has 2 heterocycles. The summed E-state index contributed by atoms with van der Waals surface area (Å²) in [5.74, 6) is 2.57. The summed E-state index contributed by atoms with van der Waals surface area (Å²) in [6.45, 7) is 0. The summed E-state index contributed by atoms with van der Waals surface area (Å²) in [6, 6.07) is 78.3. The Balaban J connectivity index is 1.02. The van der Waals surface area contributed by atoms with Gasteiger partial charge in [-0.15, -0.1) is 0 Å². The van der Waals surface area contributed by atoms with Crippen LogP contribution >= 0.6 is 0 Å². The fourth-order valence-electron chi connectivity index (χ4n) is 8.96. The highest BCUT2D eigenvalue weighted by atomic mass is 15.0. The van der Waals surface area contributed by atoms with Gasteiger partial charge in [0.1, 0.15) is 0 Å². The predicted molar refractivity (Wildman–Crippen MR) is 263 cm³/mol. The first-order valence-corrected chi connectivity index (χ1v) is 21.5. The van der Waals surface area contributed by atoms with Gasteiger partial charge in [-0.25, -0.2) is 24.9 Å². The number of hydrogen-bond acceptors (Lipinski definition) is 5. The molecular weight excluding hydrogens is 779 g/mol. The molecule has 10 aromatic carbocycles. The third-order valence-electron chi connectivity index (χ3n) is 12.1. The maximum Gasteiger partial charge on any atom is 0.164 e. The van der Waals surface area contributed by atoms with Crippen molar-refractivity contribution in [2.45, 2.75) is 0 Å². The lowest BCUT2D eigenvalue weighted by molar-refractivity contribution is 1.08. The van der Waals surface area contributed by atoms with Crippen molar-refractivity contribution in [3.8, 4) is 79.2 Å². The molecule has 0 aliphatic carbocycles. The van der Waals surface area contributed by atoms with Crippen LogP contribution in [0.15, 0.2) is 224 Å². The van der Waals surface area contributed by atoms with E-state index in [4.69, 9.17) is 24.9 Å². The maximum atomic E-state index is 5.24. The third-order valence-corrected chi connectivity index (χ3v) is 12.1. The van der Waals surface area contributed by atoms with Gasteiger partial charge >= 0.3 is 0 Å². The van der Waals surface area contributed by atoms with Gasteiger partial charge in [-0.3, -0.25) is 0 Å². The number of fused-ring (bicyclic) bond motifs is 4. The minimum Gasteiger partial charge on any atom is -0.228 e. The molecule has 0 fully saturated rings. The van der Waals surface area contributed by atoms with Gasteiger partial charge in [0, 0.05) is 33.4 Å². The Morgan fingerprint density at radius 3 is 1.16 bits per heavy atom. The van der Waals surface area contributed by atoms with Crippen LogP contribution < -0.4 is 0 Å². The summed E-state index contributed by atoms with van der Waals surface area (Å²) >= 11 is 0. The highest BCUT2D eigenvalue weighted by molar-refractivity contribution is 6.12. The van der Waals surface area contributed by atoms with Crippen molar-refractivity contribution in [2.24, 2.45) is 0 Å². The minimum absolute atomic E-state index is 0.622. The van der Waals surface area contributed by atoms with E-state index in [9.17, 15) is 0 Å². The fourth-order valence-corrected chi connectivity index (χ4v) is 8.96. The second-order valence-corrected chi connectivity index (χ2v) is 16.0. The van der Waals surface area contributed by atoms with E-state index in [2.05, 4.69) is 188 Å². The smallest absolute Gasteiger partial charge is 0.164 e. The largest absolute Gasteiger partial charge is 0.228 e. The summed E-state index contributed by atoms with van der Waals surface area (Å²) < 4.78 is 0. The summed E-state index contributed by atoms with van der Waals surface area (Å²) in [5, 5.41) is 9.03. The number of hydrogen-bond donors (Lipinski definition) is 0. The van der Waals surface area contributed by atoms with Crippen molar-refractivity contribution in [3.05, 3.63) is 224 Å². The van der Waals surface area contributed by atoms with Crippen LogP contribution in [0.25, 0.3) is 122 Å². The van der Waals surface area contributed by atoms with E-state index in [0.29, 0.717) is 23.3 Å². The Morgan fingerprint density at radius 1 is 0.203 bits per heavy atom. The van der Waals surface area contributed by atoms with E-state index in [1.807, 2.05) is 36.4 Å². The molecule has 2 aromatic heterocycles. The van der Waals surface area contributed by atoms with Crippen LogP contribution in [-0.2, 0) is 0 Å². The Hall–Kier alpha value is -8.67. The Labute approximate surface area is 370 Å². The van der Waals surface area contributed by atoms with Gasteiger partial charge in [-0.1, -0.05) is 200 Å². The van der Waals surface area contributed by atoms with Crippen LogP contribution in [0.3, 0.4) is 0 Å². The summed E-state index contributed by atoms with van der Waals surface area (Å²) in [6.07, 6.45) is 0. The van der Waals surface area contributed by atoms with Crippen molar-refractivity contribution >= 4 is 43.1 Å². The normalized spacial score (nSPS) is 11.4. The van der Waals surface area contributed by atoms with E-state index in [1.54, 1.807) is 0 Å². The quantitative estimate of drug-likeness (QED) is 0.160. The second kappa shape index (κ2) is 15.7. The first-order valence-electron chi connectivity index (χ1n) is 21.5. The highest BCUT2D eigenvalue weighted by Gasteiger charge is 2.19. The molecule has 64 heavy (non-hydrogen) atoms. The molecule has 0 aliphatic rings. The van der Waals surface area contributed by atoms with Crippen molar-refractivity contribution in [1.29, 1.82) is 0 Å². The first-order chi connectivity index (χ1) is 31.7. The number of benzene rings is 10. The molecule has 0 bridgehead atoms. The molecule has 12 aromatic rings. The van der Waals surface area contributed by atoms with Gasteiger partial charge in [0.25, 0.3) is 0 Å². The number of nitrogens with zero attached hydrogens (tertiary/aromatic N) is 5. The zero-order chi connectivity index (χ0) is 42.4.